The Morgan fingerprint density at radius 1 is 1.38 bits per heavy atom. The van der Waals surface area contributed by atoms with Crippen LogP contribution in [0.25, 0.3) is 0 Å². The van der Waals surface area contributed by atoms with E-state index in [0.717, 1.165) is 12.8 Å². The van der Waals surface area contributed by atoms with Crippen molar-refractivity contribution in [1.82, 2.24) is 4.72 Å². The fraction of sp³-hybridized carbons (Fsp3) is 0.875. The lowest BCUT2D eigenvalue weighted by atomic mass is 9.86. The molecule has 1 rings (SSSR count). The summed E-state index contributed by atoms with van der Waals surface area (Å²) in [4.78, 5) is 3.62. The Kier molecular flexibility index (Phi) is 7.24. The molecule has 6 nitrogen and oxygen atoms in total. The van der Waals surface area contributed by atoms with E-state index in [-0.39, 0.29) is 42.2 Å². The summed E-state index contributed by atoms with van der Waals surface area (Å²) in [5.41, 5.74) is 10.2. The molecule has 0 bridgehead atoms. The smallest absolute Gasteiger partial charge is 0.213 e. The zero-order valence-corrected chi connectivity index (χ0v) is 12.2. The van der Waals surface area contributed by atoms with E-state index in [1.165, 1.54) is 6.42 Å². The molecule has 8 heteroatoms. The van der Waals surface area contributed by atoms with E-state index in [9.17, 15) is 8.42 Å². The average molecular weight is 362 g/mol. The molecule has 0 aromatic heterocycles. The maximum atomic E-state index is 11.4. The highest BCUT2D eigenvalue weighted by molar-refractivity contribution is 14.0. The second-order valence-electron chi connectivity index (χ2n) is 3.77. The predicted octanol–water partition coefficient (Wildman–Crippen LogP) is -0.403. The van der Waals surface area contributed by atoms with E-state index < -0.39 is 10.0 Å². The largest absolute Gasteiger partial charge is 0.370 e. The fourth-order valence-corrected chi connectivity index (χ4v) is 2.27. The third kappa shape index (κ3) is 6.48. The van der Waals surface area contributed by atoms with Crippen LogP contribution in [0.15, 0.2) is 4.99 Å². The van der Waals surface area contributed by atoms with Crippen LogP contribution in [0.2, 0.25) is 0 Å². The van der Waals surface area contributed by atoms with Crippen LogP contribution in [0.4, 0.5) is 0 Å². The van der Waals surface area contributed by atoms with Crippen LogP contribution < -0.4 is 16.2 Å². The molecule has 0 heterocycles. The van der Waals surface area contributed by atoms with Crippen LogP contribution in [-0.2, 0) is 10.0 Å². The lowest BCUT2D eigenvalue weighted by Crippen LogP contribution is -2.34. The van der Waals surface area contributed by atoms with Crippen molar-refractivity contribution in [2.24, 2.45) is 22.4 Å². The Morgan fingerprint density at radius 3 is 2.44 bits per heavy atom. The minimum Gasteiger partial charge on any atom is -0.370 e. The minimum absolute atomic E-state index is 0. The SMILES string of the molecule is I.NC(N)=NCCS(=O)(=O)NCC1CCC1. The molecule has 0 aromatic carbocycles. The van der Waals surface area contributed by atoms with E-state index in [2.05, 4.69) is 9.71 Å². The highest BCUT2D eigenvalue weighted by Crippen LogP contribution is 2.25. The van der Waals surface area contributed by atoms with Crippen LogP contribution in [0, 0.1) is 5.92 Å². The number of aliphatic imine (C=N–C) groups is 1. The normalized spacial score (nSPS) is 16.0. The first kappa shape index (κ1) is 15.9. The molecule has 96 valence electrons. The van der Waals surface area contributed by atoms with Crippen molar-refractivity contribution in [1.29, 1.82) is 0 Å². The lowest BCUT2D eigenvalue weighted by Gasteiger charge is -2.25. The minimum atomic E-state index is -3.22. The molecular weight excluding hydrogens is 343 g/mol. The Hall–Kier alpha value is -0.0900. The molecule has 16 heavy (non-hydrogen) atoms. The monoisotopic (exact) mass is 362 g/mol. The van der Waals surface area contributed by atoms with E-state index in [0.29, 0.717) is 12.5 Å². The first-order valence-electron chi connectivity index (χ1n) is 5.02. The number of halogens is 1. The summed E-state index contributed by atoms with van der Waals surface area (Å²) in [6, 6.07) is 0. The highest BCUT2D eigenvalue weighted by atomic mass is 127. The van der Waals surface area contributed by atoms with Crippen molar-refractivity contribution in [2.75, 3.05) is 18.8 Å². The van der Waals surface area contributed by atoms with Gasteiger partial charge in [0, 0.05) is 6.54 Å². The van der Waals surface area contributed by atoms with Crippen molar-refractivity contribution >= 4 is 40.0 Å². The molecule has 1 aliphatic carbocycles. The van der Waals surface area contributed by atoms with Crippen molar-refractivity contribution in [3.05, 3.63) is 0 Å². The van der Waals surface area contributed by atoms with Crippen LogP contribution in [0.3, 0.4) is 0 Å². The maximum Gasteiger partial charge on any atom is 0.213 e. The molecule has 0 atom stereocenters. The van der Waals surface area contributed by atoms with Crippen molar-refractivity contribution in [3.63, 3.8) is 0 Å². The van der Waals surface area contributed by atoms with Crippen LogP contribution >= 0.6 is 24.0 Å². The molecule has 0 saturated heterocycles. The third-order valence-corrected chi connectivity index (χ3v) is 3.80. The van der Waals surface area contributed by atoms with Gasteiger partial charge < -0.3 is 11.5 Å². The summed E-state index contributed by atoms with van der Waals surface area (Å²) < 4.78 is 25.3. The lowest BCUT2D eigenvalue weighted by molar-refractivity contribution is 0.316. The summed E-state index contributed by atoms with van der Waals surface area (Å²) in [6.07, 6.45) is 3.45. The molecule has 0 unspecified atom stereocenters. The van der Waals surface area contributed by atoms with Crippen LogP contribution in [-0.4, -0.2) is 33.2 Å². The first-order valence-corrected chi connectivity index (χ1v) is 6.67. The van der Waals surface area contributed by atoms with Crippen molar-refractivity contribution in [2.45, 2.75) is 19.3 Å². The van der Waals surface area contributed by atoms with E-state index >= 15 is 0 Å². The van der Waals surface area contributed by atoms with Gasteiger partial charge in [0.2, 0.25) is 10.0 Å². The third-order valence-electron chi connectivity index (χ3n) is 2.47. The molecule has 0 spiro atoms. The van der Waals surface area contributed by atoms with Gasteiger partial charge in [0.15, 0.2) is 5.96 Å². The summed E-state index contributed by atoms with van der Waals surface area (Å²) >= 11 is 0. The zero-order chi connectivity index (χ0) is 11.3. The summed E-state index contributed by atoms with van der Waals surface area (Å²) in [7, 11) is -3.22. The molecule has 1 aliphatic rings. The van der Waals surface area contributed by atoms with Gasteiger partial charge in [-0.05, 0) is 18.8 Å². The van der Waals surface area contributed by atoms with Gasteiger partial charge in [-0.25, -0.2) is 13.1 Å². The topological polar surface area (TPSA) is 111 Å². The average Bonchev–Trinajstić information content (AvgIpc) is 1.99. The van der Waals surface area contributed by atoms with Crippen LogP contribution in [0.5, 0.6) is 0 Å². The second-order valence-corrected chi connectivity index (χ2v) is 5.70. The molecular formula is C8H19IN4O2S. The molecule has 0 aromatic rings. The molecule has 0 amide bonds. The summed E-state index contributed by atoms with van der Waals surface area (Å²) in [6.45, 7) is 0.659. The maximum absolute atomic E-state index is 11.4. The molecule has 1 saturated carbocycles. The Balaban J connectivity index is 0.00000225. The standard InChI is InChI=1S/C8H18N4O2S.HI/c9-8(10)11-4-5-15(13,14)12-6-7-2-1-3-7;/h7,12H,1-6H2,(H4,9,10,11);1H. The number of rotatable bonds is 6. The Bertz CT molecular complexity index is 323. The number of sulfonamides is 1. The number of hydrogen-bond acceptors (Lipinski definition) is 3. The van der Waals surface area contributed by atoms with Gasteiger partial charge in [-0.2, -0.15) is 0 Å². The number of hydrogen-bond donors (Lipinski definition) is 3. The number of guanidine groups is 1. The van der Waals surface area contributed by atoms with Gasteiger partial charge in [0.25, 0.3) is 0 Å². The Morgan fingerprint density at radius 2 is 2.00 bits per heavy atom. The fourth-order valence-electron chi connectivity index (χ4n) is 1.31. The first-order chi connectivity index (χ1) is 6.99. The van der Waals surface area contributed by atoms with Gasteiger partial charge >= 0.3 is 0 Å². The number of nitrogens with two attached hydrogens (primary N) is 2. The molecule has 0 aliphatic heterocycles. The van der Waals surface area contributed by atoms with Gasteiger partial charge in [-0.1, -0.05) is 6.42 Å². The van der Waals surface area contributed by atoms with E-state index in [1.54, 1.807) is 0 Å². The predicted molar refractivity (Wildman–Crippen MR) is 75.2 cm³/mol. The number of nitrogens with one attached hydrogen (secondary N) is 1. The van der Waals surface area contributed by atoms with Crippen molar-refractivity contribution in [3.8, 4) is 0 Å². The van der Waals surface area contributed by atoms with Crippen molar-refractivity contribution < 1.29 is 8.42 Å². The van der Waals surface area contributed by atoms with Gasteiger partial charge in [-0.3, -0.25) is 4.99 Å². The van der Waals surface area contributed by atoms with E-state index in [1.807, 2.05) is 0 Å². The molecule has 1 fully saturated rings. The number of nitrogens with zero attached hydrogens (tertiary/aromatic N) is 1. The van der Waals surface area contributed by atoms with Crippen LogP contribution in [0.1, 0.15) is 19.3 Å². The van der Waals surface area contributed by atoms with Gasteiger partial charge in [0.05, 0.1) is 12.3 Å². The van der Waals surface area contributed by atoms with E-state index in [4.69, 9.17) is 11.5 Å². The highest BCUT2D eigenvalue weighted by Gasteiger charge is 2.19. The summed E-state index contributed by atoms with van der Waals surface area (Å²) in [5, 5.41) is 0. The second kappa shape index (κ2) is 7.28. The quantitative estimate of drug-likeness (QED) is 0.339. The van der Waals surface area contributed by atoms with Gasteiger partial charge in [0.1, 0.15) is 0 Å². The zero-order valence-electron chi connectivity index (χ0n) is 9.05. The molecule has 5 N–H and O–H groups in total. The van der Waals surface area contributed by atoms with Gasteiger partial charge in [-0.15, -0.1) is 24.0 Å². The molecule has 0 radical (unpaired) electrons. The summed E-state index contributed by atoms with van der Waals surface area (Å²) in [5.74, 6) is 0.379. The Labute approximate surface area is 113 Å².